The fourth-order valence-electron chi connectivity index (χ4n) is 1.49. The number of hydrogen-bond donors (Lipinski definition) is 1. The molecule has 0 radical (unpaired) electrons. The summed E-state index contributed by atoms with van der Waals surface area (Å²) in [5.74, 6) is 0. The summed E-state index contributed by atoms with van der Waals surface area (Å²) < 4.78 is 2.95. The molecule has 0 bridgehead atoms. The van der Waals surface area contributed by atoms with Crippen molar-refractivity contribution in [3.63, 3.8) is 0 Å². The molecule has 2 aromatic rings. The highest BCUT2D eigenvalue weighted by molar-refractivity contribution is 9.11. The molecule has 0 atom stereocenters. The van der Waals surface area contributed by atoms with Crippen molar-refractivity contribution >= 4 is 60.5 Å². The maximum absolute atomic E-state index is 5.90. The lowest BCUT2D eigenvalue weighted by molar-refractivity contribution is 1.18. The lowest BCUT2D eigenvalue weighted by Gasteiger charge is -2.10. The van der Waals surface area contributed by atoms with Crippen LogP contribution in [-0.4, -0.2) is 0 Å². The van der Waals surface area contributed by atoms with Crippen molar-refractivity contribution in [3.8, 4) is 0 Å². The number of hydrogen-bond acceptors (Lipinski definition) is 2. The van der Waals surface area contributed by atoms with Gasteiger partial charge in [-0.25, -0.2) is 0 Å². The van der Waals surface area contributed by atoms with Gasteiger partial charge < -0.3 is 5.32 Å². The molecular formula is C12H10Br2ClNS. The minimum Gasteiger partial charge on any atom is -0.378 e. The Hall–Kier alpha value is -0.0300. The van der Waals surface area contributed by atoms with Gasteiger partial charge in [-0.15, -0.1) is 11.3 Å². The van der Waals surface area contributed by atoms with Crippen LogP contribution < -0.4 is 5.32 Å². The average molecular weight is 396 g/mol. The number of anilines is 1. The van der Waals surface area contributed by atoms with Gasteiger partial charge >= 0.3 is 0 Å². The topological polar surface area (TPSA) is 12.0 Å². The van der Waals surface area contributed by atoms with Crippen molar-refractivity contribution in [2.75, 3.05) is 5.32 Å². The Morgan fingerprint density at radius 1 is 1.24 bits per heavy atom. The van der Waals surface area contributed by atoms with E-state index in [1.165, 1.54) is 10.4 Å². The van der Waals surface area contributed by atoms with Gasteiger partial charge in [0, 0.05) is 20.4 Å². The highest BCUT2D eigenvalue weighted by atomic mass is 79.9. The number of benzene rings is 1. The lowest BCUT2D eigenvalue weighted by Crippen LogP contribution is -1.99. The summed E-state index contributed by atoms with van der Waals surface area (Å²) in [5, 5.41) is 3.40. The van der Waals surface area contributed by atoms with Crippen molar-refractivity contribution in [3.05, 3.63) is 48.0 Å². The second-order valence-corrected chi connectivity index (χ2v) is 7.17. The smallest absolute Gasteiger partial charge is 0.0931 e. The molecule has 2 rings (SSSR count). The normalized spacial score (nSPS) is 10.6. The zero-order chi connectivity index (χ0) is 12.4. The van der Waals surface area contributed by atoms with Gasteiger partial charge in [-0.05, 0) is 68.6 Å². The third-order valence-electron chi connectivity index (χ3n) is 2.25. The Morgan fingerprint density at radius 2 is 1.88 bits per heavy atom. The SMILES string of the molecule is Cc1cc(Br)c(NCc2ccc(Cl)s2)c(Br)c1. The minimum atomic E-state index is 0.775. The third-order valence-corrected chi connectivity index (χ3v) is 4.74. The van der Waals surface area contributed by atoms with Gasteiger partial charge in [0.25, 0.3) is 0 Å². The summed E-state index contributed by atoms with van der Waals surface area (Å²) in [6.07, 6.45) is 0. The zero-order valence-electron chi connectivity index (χ0n) is 9.06. The van der Waals surface area contributed by atoms with Crippen LogP contribution in [-0.2, 0) is 6.54 Å². The molecule has 0 spiro atoms. The van der Waals surface area contributed by atoms with E-state index in [4.69, 9.17) is 11.6 Å². The van der Waals surface area contributed by atoms with Crippen molar-refractivity contribution in [2.24, 2.45) is 0 Å². The van der Waals surface area contributed by atoms with Crippen LogP contribution in [0.5, 0.6) is 0 Å². The van der Waals surface area contributed by atoms with Gasteiger partial charge in [0.05, 0.1) is 10.0 Å². The van der Waals surface area contributed by atoms with E-state index in [0.29, 0.717) is 0 Å². The molecule has 1 nitrogen and oxygen atoms in total. The Labute approximate surface area is 126 Å². The van der Waals surface area contributed by atoms with Crippen LogP contribution >= 0.6 is 54.8 Å². The van der Waals surface area contributed by atoms with E-state index in [2.05, 4.69) is 56.2 Å². The molecule has 0 unspecified atom stereocenters. The minimum absolute atomic E-state index is 0.775. The Kier molecular flexibility index (Phi) is 4.53. The number of aryl methyl sites for hydroxylation is 1. The van der Waals surface area contributed by atoms with E-state index in [1.807, 2.05) is 12.1 Å². The molecule has 17 heavy (non-hydrogen) atoms. The van der Waals surface area contributed by atoms with Gasteiger partial charge in [0.2, 0.25) is 0 Å². The van der Waals surface area contributed by atoms with Gasteiger partial charge in [-0.2, -0.15) is 0 Å². The number of rotatable bonds is 3. The van der Waals surface area contributed by atoms with Crippen molar-refractivity contribution in [1.29, 1.82) is 0 Å². The van der Waals surface area contributed by atoms with E-state index < -0.39 is 0 Å². The van der Waals surface area contributed by atoms with Crippen LogP contribution in [0.1, 0.15) is 10.4 Å². The molecule has 0 fully saturated rings. The monoisotopic (exact) mass is 393 g/mol. The maximum atomic E-state index is 5.90. The lowest BCUT2D eigenvalue weighted by atomic mass is 10.2. The summed E-state index contributed by atoms with van der Waals surface area (Å²) in [5.41, 5.74) is 2.29. The molecule has 1 aromatic heterocycles. The second kappa shape index (κ2) is 5.74. The predicted molar refractivity (Wildman–Crippen MR) is 83.2 cm³/mol. The highest BCUT2D eigenvalue weighted by Crippen LogP contribution is 2.33. The molecule has 0 aliphatic rings. The van der Waals surface area contributed by atoms with Crippen LogP contribution in [0, 0.1) is 6.92 Å². The van der Waals surface area contributed by atoms with E-state index in [-0.39, 0.29) is 0 Å². The summed E-state index contributed by atoms with van der Waals surface area (Å²) in [4.78, 5) is 1.22. The van der Waals surface area contributed by atoms with Gasteiger partial charge in [0.1, 0.15) is 0 Å². The average Bonchev–Trinajstić information content (AvgIpc) is 2.62. The first-order valence-corrected chi connectivity index (χ1v) is 7.78. The molecule has 1 aromatic carbocycles. The Morgan fingerprint density at radius 3 is 2.41 bits per heavy atom. The van der Waals surface area contributed by atoms with E-state index in [0.717, 1.165) is 25.5 Å². The van der Waals surface area contributed by atoms with E-state index in [1.54, 1.807) is 11.3 Å². The molecule has 1 N–H and O–H groups in total. The largest absolute Gasteiger partial charge is 0.378 e. The summed E-state index contributed by atoms with van der Waals surface area (Å²) in [6.45, 7) is 2.84. The van der Waals surface area contributed by atoms with Crippen molar-refractivity contribution < 1.29 is 0 Å². The van der Waals surface area contributed by atoms with Gasteiger partial charge in [-0.3, -0.25) is 0 Å². The first-order chi connectivity index (χ1) is 8.06. The first-order valence-electron chi connectivity index (χ1n) is 5.00. The fraction of sp³-hybridized carbons (Fsp3) is 0.167. The zero-order valence-corrected chi connectivity index (χ0v) is 13.8. The Balaban J connectivity index is 2.14. The molecule has 90 valence electrons. The van der Waals surface area contributed by atoms with Gasteiger partial charge in [0.15, 0.2) is 0 Å². The molecule has 0 saturated heterocycles. The number of nitrogens with one attached hydrogen (secondary N) is 1. The molecule has 5 heteroatoms. The van der Waals surface area contributed by atoms with Crippen molar-refractivity contribution in [1.82, 2.24) is 0 Å². The summed E-state index contributed by atoms with van der Waals surface area (Å²) in [6, 6.07) is 8.14. The fourth-order valence-corrected chi connectivity index (χ4v) is 4.21. The maximum Gasteiger partial charge on any atom is 0.0931 e. The number of thiophene rings is 1. The van der Waals surface area contributed by atoms with Crippen LogP contribution in [0.2, 0.25) is 4.34 Å². The van der Waals surface area contributed by atoms with Crippen molar-refractivity contribution in [2.45, 2.75) is 13.5 Å². The van der Waals surface area contributed by atoms with Crippen LogP contribution in [0.25, 0.3) is 0 Å². The predicted octanol–water partition coefficient (Wildman–Crippen LogP) is 5.85. The Bertz CT molecular complexity index is 516. The highest BCUT2D eigenvalue weighted by Gasteiger charge is 2.06. The molecule has 0 amide bonds. The molecule has 0 aliphatic heterocycles. The van der Waals surface area contributed by atoms with Gasteiger partial charge in [-0.1, -0.05) is 11.6 Å². The molecule has 0 saturated carbocycles. The van der Waals surface area contributed by atoms with Crippen LogP contribution in [0.3, 0.4) is 0 Å². The second-order valence-electron chi connectivity index (χ2n) is 3.66. The van der Waals surface area contributed by atoms with E-state index >= 15 is 0 Å². The first kappa shape index (κ1) is 13.4. The number of halogens is 3. The van der Waals surface area contributed by atoms with Crippen LogP contribution in [0.15, 0.2) is 33.2 Å². The molecule has 1 heterocycles. The summed E-state index contributed by atoms with van der Waals surface area (Å²) in [7, 11) is 0. The summed E-state index contributed by atoms with van der Waals surface area (Å²) >= 11 is 14.6. The quantitative estimate of drug-likeness (QED) is 0.688. The van der Waals surface area contributed by atoms with E-state index in [9.17, 15) is 0 Å². The standard InChI is InChI=1S/C12H10Br2ClNS/c1-7-4-9(13)12(10(14)5-7)16-6-8-2-3-11(15)17-8/h2-5,16H,6H2,1H3. The molecule has 0 aliphatic carbocycles. The van der Waals surface area contributed by atoms with Crippen LogP contribution in [0.4, 0.5) is 5.69 Å². The third kappa shape index (κ3) is 3.47. The molecular weight excluding hydrogens is 385 g/mol.